The molecular formula is C26H29NO5. The van der Waals surface area contributed by atoms with Gasteiger partial charge in [0.1, 0.15) is 5.75 Å². The molecule has 0 saturated heterocycles. The number of aliphatic carboxylic acids is 1. The summed E-state index contributed by atoms with van der Waals surface area (Å²) in [6.45, 7) is 0.285. The van der Waals surface area contributed by atoms with E-state index in [0.717, 1.165) is 12.8 Å². The van der Waals surface area contributed by atoms with Gasteiger partial charge in [-0.1, -0.05) is 12.1 Å². The third-order valence-electron chi connectivity index (χ3n) is 6.36. The summed E-state index contributed by atoms with van der Waals surface area (Å²) in [5, 5.41) is 11.9. The highest BCUT2D eigenvalue weighted by Gasteiger charge is 2.27. The molecule has 0 spiro atoms. The number of Topliss-reactive ketones (excluding diaryl/α,β-unsaturated/α-hetero) is 1. The topological polar surface area (TPSA) is 92.7 Å². The van der Waals surface area contributed by atoms with Crippen LogP contribution in [0.5, 0.6) is 5.75 Å². The molecule has 0 heterocycles. The van der Waals surface area contributed by atoms with Crippen molar-refractivity contribution in [2.24, 2.45) is 5.92 Å². The zero-order valence-electron chi connectivity index (χ0n) is 18.1. The molecule has 0 aliphatic heterocycles. The predicted octanol–water partition coefficient (Wildman–Crippen LogP) is 4.59. The van der Waals surface area contributed by atoms with Gasteiger partial charge in [0.15, 0.2) is 5.78 Å². The summed E-state index contributed by atoms with van der Waals surface area (Å²) in [5.74, 6) is 0.146. The Morgan fingerprint density at radius 1 is 0.844 bits per heavy atom. The molecular weight excluding hydrogens is 406 g/mol. The maximum atomic E-state index is 12.4. The van der Waals surface area contributed by atoms with Crippen molar-refractivity contribution in [1.82, 2.24) is 5.32 Å². The highest BCUT2D eigenvalue weighted by molar-refractivity contribution is 5.97. The number of carbonyl (C=O) groups is 3. The second-order valence-electron chi connectivity index (χ2n) is 8.78. The summed E-state index contributed by atoms with van der Waals surface area (Å²) in [6.07, 6.45) is 5.41. The van der Waals surface area contributed by atoms with Gasteiger partial charge >= 0.3 is 5.97 Å². The molecule has 0 bridgehead atoms. The molecule has 4 rings (SSSR count). The lowest BCUT2D eigenvalue weighted by molar-refractivity contribution is -0.143. The van der Waals surface area contributed by atoms with Crippen molar-refractivity contribution < 1.29 is 24.2 Å². The quantitative estimate of drug-likeness (QED) is 0.562. The number of rotatable bonds is 9. The van der Waals surface area contributed by atoms with E-state index in [1.807, 2.05) is 24.3 Å². The number of carbonyl (C=O) groups excluding carboxylic acids is 2. The summed E-state index contributed by atoms with van der Waals surface area (Å²) in [6, 6.07) is 14.7. The third kappa shape index (κ3) is 5.75. The van der Waals surface area contributed by atoms with Crippen molar-refractivity contribution in [3.63, 3.8) is 0 Å². The van der Waals surface area contributed by atoms with Crippen molar-refractivity contribution in [1.29, 1.82) is 0 Å². The molecule has 1 amide bonds. The first-order valence-electron chi connectivity index (χ1n) is 11.4. The summed E-state index contributed by atoms with van der Waals surface area (Å²) in [5.41, 5.74) is 2.48. The van der Waals surface area contributed by atoms with Crippen molar-refractivity contribution in [3.05, 3.63) is 65.2 Å². The minimum absolute atomic E-state index is 0.0145. The SMILES string of the molecule is O=C(CCNC(=O)c1ccc(C2CC2)cc1)c1ccc(O[C@H]2CC[C@@H](C(=O)O)CC2)cc1. The van der Waals surface area contributed by atoms with Gasteiger partial charge in [-0.05, 0) is 86.4 Å². The zero-order chi connectivity index (χ0) is 22.5. The lowest BCUT2D eigenvalue weighted by atomic mass is 9.87. The summed E-state index contributed by atoms with van der Waals surface area (Å²) < 4.78 is 5.95. The van der Waals surface area contributed by atoms with E-state index in [9.17, 15) is 14.4 Å². The molecule has 2 aliphatic rings. The number of ketones is 1. The molecule has 2 aromatic rings. The summed E-state index contributed by atoms with van der Waals surface area (Å²) in [4.78, 5) is 35.8. The predicted molar refractivity (Wildman–Crippen MR) is 120 cm³/mol. The van der Waals surface area contributed by atoms with Gasteiger partial charge in [0.05, 0.1) is 12.0 Å². The van der Waals surface area contributed by atoms with Gasteiger partial charge in [0, 0.05) is 24.1 Å². The standard InChI is InChI=1S/C26H29NO5/c28-24(15-16-27-25(29)20-5-3-18(4-6-20)17-1-2-17)19-7-11-22(12-8-19)32-23-13-9-21(10-14-23)26(30)31/h3-8,11-12,17,21,23H,1-2,9-10,13-16H2,(H,27,29)(H,30,31)/t21-,23+. The van der Waals surface area contributed by atoms with Crippen LogP contribution in [0.3, 0.4) is 0 Å². The van der Waals surface area contributed by atoms with E-state index < -0.39 is 5.97 Å². The van der Waals surface area contributed by atoms with E-state index in [2.05, 4.69) is 5.32 Å². The number of carboxylic acid groups (broad SMARTS) is 1. The van der Waals surface area contributed by atoms with Crippen LogP contribution < -0.4 is 10.1 Å². The van der Waals surface area contributed by atoms with E-state index in [4.69, 9.17) is 9.84 Å². The maximum absolute atomic E-state index is 12.4. The normalized spacial score (nSPS) is 20.4. The zero-order valence-corrected chi connectivity index (χ0v) is 18.1. The Labute approximate surface area is 188 Å². The van der Waals surface area contributed by atoms with Crippen LogP contribution in [-0.2, 0) is 4.79 Å². The average molecular weight is 436 g/mol. The van der Waals surface area contributed by atoms with E-state index in [-0.39, 0.29) is 36.7 Å². The molecule has 2 fully saturated rings. The number of amides is 1. The second kappa shape index (κ2) is 9.98. The van der Waals surface area contributed by atoms with Crippen LogP contribution >= 0.6 is 0 Å². The molecule has 0 atom stereocenters. The number of carboxylic acids is 1. The molecule has 6 heteroatoms. The Balaban J connectivity index is 1.20. The summed E-state index contributed by atoms with van der Waals surface area (Å²) >= 11 is 0. The largest absolute Gasteiger partial charge is 0.490 e. The fourth-order valence-corrected chi connectivity index (χ4v) is 4.20. The van der Waals surface area contributed by atoms with Gasteiger partial charge in [0.2, 0.25) is 0 Å². The molecule has 2 aliphatic carbocycles. The fraction of sp³-hybridized carbons (Fsp3) is 0.423. The first-order chi connectivity index (χ1) is 15.5. The van der Waals surface area contributed by atoms with Crippen LogP contribution in [0.2, 0.25) is 0 Å². The van der Waals surface area contributed by atoms with Gasteiger partial charge in [-0.3, -0.25) is 14.4 Å². The van der Waals surface area contributed by atoms with Crippen molar-refractivity contribution >= 4 is 17.7 Å². The highest BCUT2D eigenvalue weighted by Crippen LogP contribution is 2.39. The van der Waals surface area contributed by atoms with Gasteiger partial charge < -0.3 is 15.2 Å². The van der Waals surface area contributed by atoms with Crippen LogP contribution in [0.4, 0.5) is 0 Å². The maximum Gasteiger partial charge on any atom is 0.306 e. The molecule has 168 valence electrons. The molecule has 32 heavy (non-hydrogen) atoms. The number of nitrogens with one attached hydrogen (secondary N) is 1. The Kier molecular flexibility index (Phi) is 6.88. The van der Waals surface area contributed by atoms with Gasteiger partial charge in [-0.25, -0.2) is 0 Å². The van der Waals surface area contributed by atoms with E-state index in [1.165, 1.54) is 18.4 Å². The number of benzene rings is 2. The Morgan fingerprint density at radius 2 is 1.47 bits per heavy atom. The van der Waals surface area contributed by atoms with Crippen LogP contribution in [0, 0.1) is 5.92 Å². The van der Waals surface area contributed by atoms with Gasteiger partial charge in [0.25, 0.3) is 5.91 Å². The van der Waals surface area contributed by atoms with Crippen molar-refractivity contribution in [2.45, 2.75) is 57.0 Å². The van der Waals surface area contributed by atoms with Crippen molar-refractivity contribution in [2.75, 3.05) is 6.54 Å². The molecule has 0 unspecified atom stereocenters. The minimum Gasteiger partial charge on any atom is -0.490 e. The van der Waals surface area contributed by atoms with E-state index >= 15 is 0 Å². The smallest absolute Gasteiger partial charge is 0.306 e. The fourth-order valence-electron chi connectivity index (χ4n) is 4.20. The Morgan fingerprint density at radius 3 is 2.06 bits per heavy atom. The first-order valence-corrected chi connectivity index (χ1v) is 11.4. The Hall–Kier alpha value is -3.15. The summed E-state index contributed by atoms with van der Waals surface area (Å²) in [7, 11) is 0. The number of ether oxygens (including phenoxy) is 1. The van der Waals surface area contributed by atoms with E-state index in [0.29, 0.717) is 35.6 Å². The average Bonchev–Trinajstić information content (AvgIpc) is 3.65. The molecule has 6 nitrogen and oxygen atoms in total. The van der Waals surface area contributed by atoms with E-state index in [1.54, 1.807) is 24.3 Å². The van der Waals surface area contributed by atoms with Gasteiger partial charge in [-0.15, -0.1) is 0 Å². The number of hydrogen-bond acceptors (Lipinski definition) is 4. The monoisotopic (exact) mass is 435 g/mol. The lowest BCUT2D eigenvalue weighted by Gasteiger charge is -2.26. The second-order valence-corrected chi connectivity index (χ2v) is 8.78. The molecule has 0 radical (unpaired) electrons. The number of hydrogen-bond donors (Lipinski definition) is 2. The van der Waals surface area contributed by atoms with Crippen LogP contribution in [0.1, 0.15) is 77.1 Å². The first kappa shape index (κ1) is 22.1. The van der Waals surface area contributed by atoms with Crippen LogP contribution in [-0.4, -0.2) is 35.4 Å². The third-order valence-corrected chi connectivity index (χ3v) is 6.36. The minimum atomic E-state index is -0.728. The van der Waals surface area contributed by atoms with Crippen LogP contribution in [0.15, 0.2) is 48.5 Å². The molecule has 2 saturated carbocycles. The van der Waals surface area contributed by atoms with Crippen LogP contribution in [0.25, 0.3) is 0 Å². The van der Waals surface area contributed by atoms with Gasteiger partial charge in [-0.2, -0.15) is 0 Å². The van der Waals surface area contributed by atoms with Crippen molar-refractivity contribution in [3.8, 4) is 5.75 Å². The lowest BCUT2D eigenvalue weighted by Crippen LogP contribution is -2.27. The molecule has 0 aromatic heterocycles. The highest BCUT2D eigenvalue weighted by atomic mass is 16.5. The Bertz CT molecular complexity index is 955. The molecule has 2 aromatic carbocycles. The molecule has 2 N–H and O–H groups in total.